The summed E-state index contributed by atoms with van der Waals surface area (Å²) in [5.74, 6) is -1.49. The molecule has 0 aliphatic rings. The van der Waals surface area contributed by atoms with E-state index in [2.05, 4.69) is 35.3 Å². The van der Waals surface area contributed by atoms with Gasteiger partial charge in [-0.15, -0.1) is 0 Å². The van der Waals surface area contributed by atoms with Gasteiger partial charge in [-0.3, -0.25) is 24.0 Å². The van der Waals surface area contributed by atoms with Gasteiger partial charge in [0.15, 0.2) is 11.6 Å². The third-order valence-corrected chi connectivity index (χ3v) is 8.51. The number of nitrogens with one attached hydrogen (secondary N) is 2. The molecule has 1 aromatic carbocycles. The number of sulfonamides is 1. The number of benzene rings is 1. The molecule has 2 atom stereocenters. The van der Waals surface area contributed by atoms with E-state index in [9.17, 15) is 32.4 Å². The van der Waals surface area contributed by atoms with E-state index in [1.165, 1.54) is 35.7 Å². The Bertz CT molecular complexity index is 1080. The Labute approximate surface area is 247 Å². The number of carboxylic acid groups (broad SMARTS) is 2. The van der Waals surface area contributed by atoms with Crippen LogP contribution < -0.4 is 10.0 Å². The van der Waals surface area contributed by atoms with E-state index in [0.717, 1.165) is 5.75 Å². The van der Waals surface area contributed by atoms with Crippen molar-refractivity contribution < 1.29 is 42.6 Å². The molecule has 1 rings (SSSR count). The lowest BCUT2D eigenvalue weighted by atomic mass is 10.1. The summed E-state index contributed by atoms with van der Waals surface area (Å²) in [7, 11) is -3.99. The Morgan fingerprint density at radius 2 is 1.41 bits per heavy atom. The molecule has 4 N–H and O–H groups in total. The molecule has 0 unspecified atom stereocenters. The summed E-state index contributed by atoms with van der Waals surface area (Å²) >= 11 is 10.5. The zero-order valence-corrected chi connectivity index (χ0v) is 25.7. The van der Waals surface area contributed by atoms with Gasteiger partial charge < -0.3 is 15.5 Å². The normalized spacial score (nSPS) is 12.4. The van der Waals surface area contributed by atoms with E-state index in [1.54, 1.807) is 12.1 Å². The summed E-state index contributed by atoms with van der Waals surface area (Å²) in [6.45, 7) is 3.76. The van der Waals surface area contributed by atoms with E-state index in [-0.39, 0.29) is 34.4 Å². The molecule has 0 spiro atoms. The maximum absolute atomic E-state index is 12.4. The standard InChI is InChI=1S/C14H19NO5S3.C9H15NO4S2/c1-2-22-9-13(16)12(7-14(17)18)15-23(19,20)11-5-3-4-10(6-11)8-21;1-2-16-5-7(11)6(3-9(13)14)10-8(12)4-15/h3-6,12,15,21H,2,7-9H2,1H3,(H,17,18);6,15H,2-5H2,1H3,(H,10,12)(H,13,14)/t12-;6-/m00/s1. The summed E-state index contributed by atoms with van der Waals surface area (Å²) < 4.78 is 27.0. The predicted octanol–water partition coefficient (Wildman–Crippen LogP) is 1.76. The molecule has 0 aromatic heterocycles. The van der Waals surface area contributed by atoms with Gasteiger partial charge in [0.05, 0.1) is 47.1 Å². The molecule has 0 saturated heterocycles. The fourth-order valence-corrected chi connectivity index (χ4v) is 5.52. The van der Waals surface area contributed by atoms with Crippen LogP contribution in [-0.4, -0.2) is 88.9 Å². The second-order valence-electron chi connectivity index (χ2n) is 7.66. The largest absolute Gasteiger partial charge is 0.481 e. The predicted molar refractivity (Wildman–Crippen MR) is 160 cm³/mol. The summed E-state index contributed by atoms with van der Waals surface area (Å²) in [4.78, 5) is 56.1. The van der Waals surface area contributed by atoms with Gasteiger partial charge in [-0.1, -0.05) is 26.0 Å². The van der Waals surface area contributed by atoms with Crippen molar-refractivity contribution in [1.82, 2.24) is 10.0 Å². The second kappa shape index (κ2) is 20.2. The van der Waals surface area contributed by atoms with Crippen LogP contribution in [0.1, 0.15) is 32.3 Å². The minimum Gasteiger partial charge on any atom is -0.481 e. The van der Waals surface area contributed by atoms with Crippen molar-refractivity contribution in [2.75, 3.05) is 28.8 Å². The van der Waals surface area contributed by atoms with Crippen molar-refractivity contribution in [2.45, 2.75) is 49.4 Å². The number of thiol groups is 2. The topological polar surface area (TPSA) is 184 Å². The van der Waals surface area contributed by atoms with Gasteiger partial charge in [0.1, 0.15) is 0 Å². The lowest BCUT2D eigenvalue weighted by molar-refractivity contribution is -0.140. The average Bonchev–Trinajstić information content (AvgIpc) is 2.89. The molecule has 1 aromatic rings. The Hall–Kier alpha value is -1.72. The van der Waals surface area contributed by atoms with Gasteiger partial charge in [0, 0.05) is 5.75 Å². The van der Waals surface area contributed by atoms with Crippen molar-refractivity contribution in [1.29, 1.82) is 0 Å². The Balaban J connectivity index is 0.000000794. The number of thioether (sulfide) groups is 2. The maximum Gasteiger partial charge on any atom is 0.305 e. The van der Waals surface area contributed by atoms with Gasteiger partial charge in [0.25, 0.3) is 0 Å². The number of hydrogen-bond donors (Lipinski definition) is 6. The van der Waals surface area contributed by atoms with Crippen LogP contribution in [0, 0.1) is 0 Å². The first-order valence-electron chi connectivity index (χ1n) is 11.6. The molecule has 0 saturated carbocycles. The van der Waals surface area contributed by atoms with Crippen LogP contribution in [0.3, 0.4) is 0 Å². The molecule has 0 aliphatic heterocycles. The highest BCUT2D eigenvalue weighted by Crippen LogP contribution is 2.15. The number of carboxylic acids is 2. The van der Waals surface area contributed by atoms with Crippen molar-refractivity contribution in [3.8, 4) is 0 Å². The van der Waals surface area contributed by atoms with Crippen LogP contribution in [-0.2, 0) is 39.7 Å². The van der Waals surface area contributed by atoms with Gasteiger partial charge >= 0.3 is 11.9 Å². The Morgan fingerprint density at radius 3 is 1.87 bits per heavy atom. The van der Waals surface area contributed by atoms with Crippen LogP contribution in [0.15, 0.2) is 29.2 Å². The Morgan fingerprint density at radius 1 is 0.897 bits per heavy atom. The number of aliphatic carboxylic acids is 2. The van der Waals surface area contributed by atoms with E-state index >= 15 is 0 Å². The molecular formula is C23H34N2O9S5. The molecule has 39 heavy (non-hydrogen) atoms. The van der Waals surface area contributed by atoms with Crippen LogP contribution in [0.4, 0.5) is 0 Å². The van der Waals surface area contributed by atoms with Crippen molar-refractivity contribution in [3.63, 3.8) is 0 Å². The van der Waals surface area contributed by atoms with Gasteiger partial charge in [0.2, 0.25) is 15.9 Å². The second-order valence-corrected chi connectivity index (χ2v) is 12.6. The maximum atomic E-state index is 12.4. The molecule has 0 fully saturated rings. The van der Waals surface area contributed by atoms with Gasteiger partial charge in [-0.25, -0.2) is 13.1 Å². The highest BCUT2D eigenvalue weighted by molar-refractivity contribution is 8.00. The number of rotatable bonds is 18. The van der Waals surface area contributed by atoms with Crippen molar-refractivity contribution >= 4 is 88.2 Å². The summed E-state index contributed by atoms with van der Waals surface area (Å²) in [5, 5.41) is 19.9. The van der Waals surface area contributed by atoms with Crippen LogP contribution >= 0.6 is 48.8 Å². The monoisotopic (exact) mass is 642 g/mol. The fraction of sp³-hybridized carbons (Fsp3) is 0.522. The first kappa shape index (κ1) is 37.3. The van der Waals surface area contributed by atoms with Crippen LogP contribution in [0.5, 0.6) is 0 Å². The molecule has 11 nitrogen and oxygen atoms in total. The first-order valence-corrected chi connectivity index (χ1v) is 16.6. The van der Waals surface area contributed by atoms with Crippen LogP contribution in [0.25, 0.3) is 0 Å². The molecular weight excluding hydrogens is 609 g/mol. The van der Waals surface area contributed by atoms with Gasteiger partial charge in [-0.2, -0.15) is 48.8 Å². The molecule has 0 heterocycles. The third-order valence-electron chi connectivity index (χ3n) is 4.60. The zero-order chi connectivity index (χ0) is 30.0. The molecule has 220 valence electrons. The number of ketones is 2. The van der Waals surface area contributed by atoms with E-state index < -0.39 is 52.2 Å². The zero-order valence-electron chi connectivity index (χ0n) is 21.5. The number of carbonyl (C=O) groups is 5. The fourth-order valence-electron chi connectivity index (χ4n) is 2.73. The van der Waals surface area contributed by atoms with Gasteiger partial charge in [-0.05, 0) is 29.2 Å². The third kappa shape index (κ3) is 16.2. The highest BCUT2D eigenvalue weighted by Gasteiger charge is 2.27. The number of carbonyl (C=O) groups excluding carboxylic acids is 3. The summed E-state index contributed by atoms with van der Waals surface area (Å²) in [6, 6.07) is 3.90. The molecule has 1 amide bonds. The molecule has 16 heteroatoms. The number of Topliss-reactive ketones (excluding diaryl/α,β-unsaturated/α-hetero) is 2. The first-order chi connectivity index (χ1) is 18.3. The lowest BCUT2D eigenvalue weighted by Gasteiger charge is -2.16. The van der Waals surface area contributed by atoms with E-state index in [0.29, 0.717) is 17.1 Å². The number of hydrogen-bond acceptors (Lipinski definition) is 11. The van der Waals surface area contributed by atoms with E-state index in [4.69, 9.17) is 10.2 Å². The highest BCUT2D eigenvalue weighted by atomic mass is 32.2. The van der Waals surface area contributed by atoms with Crippen molar-refractivity contribution in [3.05, 3.63) is 29.8 Å². The van der Waals surface area contributed by atoms with E-state index in [1.807, 2.05) is 13.8 Å². The quantitative estimate of drug-likeness (QED) is 0.128. The SMILES string of the molecule is CCSCC(=O)[C@H](CC(=O)O)NC(=O)CS.CCSCC(=O)[C@H](CC(=O)O)NS(=O)(=O)c1cccc(CS)c1. The summed E-state index contributed by atoms with van der Waals surface area (Å²) in [5.41, 5.74) is 0.707. The summed E-state index contributed by atoms with van der Waals surface area (Å²) in [6.07, 6.45) is -0.975. The van der Waals surface area contributed by atoms with Crippen molar-refractivity contribution in [2.24, 2.45) is 0 Å². The minimum absolute atomic E-state index is 0.0182. The molecule has 0 radical (unpaired) electrons. The minimum atomic E-state index is -3.99. The Kier molecular flexibility index (Phi) is 19.3. The van der Waals surface area contributed by atoms with Crippen LogP contribution in [0.2, 0.25) is 0 Å². The lowest BCUT2D eigenvalue weighted by Crippen LogP contribution is -2.43. The average molecular weight is 643 g/mol. The smallest absolute Gasteiger partial charge is 0.305 e. The molecule has 0 bridgehead atoms. The number of amides is 1. The molecule has 0 aliphatic carbocycles.